The van der Waals surface area contributed by atoms with Crippen LogP contribution in [-0.4, -0.2) is 49.8 Å². The second-order valence-electron chi connectivity index (χ2n) is 7.92. The van der Waals surface area contributed by atoms with Crippen molar-refractivity contribution in [2.24, 2.45) is 5.92 Å². The van der Waals surface area contributed by atoms with Crippen molar-refractivity contribution < 1.29 is 4.79 Å². The fourth-order valence-corrected chi connectivity index (χ4v) is 4.89. The molecule has 1 amide bonds. The molecule has 140 valence electrons. The van der Waals surface area contributed by atoms with Crippen LogP contribution in [0.5, 0.6) is 0 Å². The average molecular weight is 364 g/mol. The number of nitrogen functional groups attached to an aromatic ring is 1. The number of nitrogens with zero attached hydrogens (tertiary/aromatic N) is 5. The van der Waals surface area contributed by atoms with Crippen LogP contribution >= 0.6 is 0 Å². The Hall–Kier alpha value is -2.54. The van der Waals surface area contributed by atoms with Crippen molar-refractivity contribution in [3.8, 4) is 11.3 Å². The SMILES string of the molecule is Nc1nc2c(c(-c3cccnc3)n1)CN(C(=O)CCN1C[C@@H]3CC[C@H]1C3)C2. The number of aromatic nitrogens is 3. The molecule has 0 radical (unpaired) electrons. The first-order valence-corrected chi connectivity index (χ1v) is 9.75. The minimum Gasteiger partial charge on any atom is -0.368 e. The molecule has 7 heteroatoms. The number of piperidine rings is 1. The molecule has 2 aliphatic heterocycles. The van der Waals surface area contributed by atoms with Crippen LogP contribution in [0.4, 0.5) is 5.95 Å². The van der Waals surface area contributed by atoms with Gasteiger partial charge < -0.3 is 10.6 Å². The van der Waals surface area contributed by atoms with E-state index in [1.807, 2.05) is 17.0 Å². The lowest BCUT2D eigenvalue weighted by Gasteiger charge is -2.27. The molecule has 2 atom stereocenters. The third-order valence-electron chi connectivity index (χ3n) is 6.22. The average Bonchev–Trinajstić information content (AvgIpc) is 3.41. The maximum absolute atomic E-state index is 12.8. The van der Waals surface area contributed by atoms with Crippen molar-refractivity contribution in [3.05, 3.63) is 35.8 Å². The van der Waals surface area contributed by atoms with Crippen LogP contribution in [0.2, 0.25) is 0 Å². The van der Waals surface area contributed by atoms with Crippen molar-refractivity contribution in [1.29, 1.82) is 0 Å². The quantitative estimate of drug-likeness (QED) is 0.891. The number of amides is 1. The molecule has 2 N–H and O–H groups in total. The van der Waals surface area contributed by atoms with Gasteiger partial charge in [0.15, 0.2) is 0 Å². The van der Waals surface area contributed by atoms with Crippen LogP contribution in [0.25, 0.3) is 11.3 Å². The summed E-state index contributed by atoms with van der Waals surface area (Å²) >= 11 is 0. The zero-order valence-electron chi connectivity index (χ0n) is 15.3. The van der Waals surface area contributed by atoms with Gasteiger partial charge in [-0.1, -0.05) is 0 Å². The molecule has 27 heavy (non-hydrogen) atoms. The Labute approximate surface area is 158 Å². The highest BCUT2D eigenvalue weighted by molar-refractivity contribution is 5.78. The summed E-state index contributed by atoms with van der Waals surface area (Å²) in [7, 11) is 0. The molecule has 2 fully saturated rings. The van der Waals surface area contributed by atoms with E-state index in [0.29, 0.717) is 25.6 Å². The molecule has 1 saturated heterocycles. The smallest absolute Gasteiger partial charge is 0.224 e. The minimum atomic E-state index is 0.187. The number of rotatable bonds is 4. The van der Waals surface area contributed by atoms with Crippen molar-refractivity contribution in [1.82, 2.24) is 24.8 Å². The summed E-state index contributed by atoms with van der Waals surface area (Å²) < 4.78 is 0. The lowest BCUT2D eigenvalue weighted by Crippen LogP contribution is -2.36. The second-order valence-corrected chi connectivity index (χ2v) is 7.92. The van der Waals surface area contributed by atoms with Crippen molar-refractivity contribution >= 4 is 11.9 Å². The number of nitrogens with two attached hydrogens (primary N) is 1. The summed E-state index contributed by atoms with van der Waals surface area (Å²) in [5, 5.41) is 0. The number of anilines is 1. The Morgan fingerprint density at radius 2 is 2.19 bits per heavy atom. The Morgan fingerprint density at radius 1 is 1.26 bits per heavy atom. The molecule has 5 rings (SSSR count). The molecule has 0 unspecified atom stereocenters. The first-order valence-electron chi connectivity index (χ1n) is 9.75. The van der Waals surface area contributed by atoms with Gasteiger partial charge in [-0.05, 0) is 37.3 Å². The largest absolute Gasteiger partial charge is 0.368 e. The molecule has 2 aromatic rings. The fraction of sp³-hybridized carbons (Fsp3) is 0.500. The Balaban J connectivity index is 1.29. The lowest BCUT2D eigenvalue weighted by molar-refractivity contribution is -0.132. The van der Waals surface area contributed by atoms with E-state index in [4.69, 9.17) is 5.73 Å². The molecule has 2 aromatic heterocycles. The summed E-state index contributed by atoms with van der Waals surface area (Å²) in [4.78, 5) is 30.2. The fourth-order valence-electron chi connectivity index (χ4n) is 4.89. The third-order valence-corrected chi connectivity index (χ3v) is 6.22. The van der Waals surface area contributed by atoms with E-state index in [0.717, 1.165) is 35.0 Å². The van der Waals surface area contributed by atoms with Gasteiger partial charge in [0.25, 0.3) is 0 Å². The van der Waals surface area contributed by atoms with Gasteiger partial charge in [0, 0.05) is 49.1 Å². The molecule has 2 bridgehead atoms. The number of hydrogen-bond donors (Lipinski definition) is 1. The van der Waals surface area contributed by atoms with Crippen LogP contribution in [0.1, 0.15) is 36.9 Å². The van der Waals surface area contributed by atoms with Crippen LogP contribution in [0.3, 0.4) is 0 Å². The van der Waals surface area contributed by atoms with Gasteiger partial charge in [-0.25, -0.2) is 9.97 Å². The number of likely N-dealkylation sites (tertiary alicyclic amines) is 1. The maximum atomic E-state index is 12.8. The van der Waals surface area contributed by atoms with Gasteiger partial charge >= 0.3 is 0 Å². The van der Waals surface area contributed by atoms with Crippen LogP contribution < -0.4 is 5.73 Å². The van der Waals surface area contributed by atoms with Gasteiger partial charge in [-0.15, -0.1) is 0 Å². The summed E-state index contributed by atoms with van der Waals surface area (Å²) in [5.41, 5.74) is 9.46. The molecular formula is C20H24N6O. The van der Waals surface area contributed by atoms with Crippen molar-refractivity contribution in [2.75, 3.05) is 18.8 Å². The van der Waals surface area contributed by atoms with Gasteiger partial charge in [0.1, 0.15) is 0 Å². The highest BCUT2D eigenvalue weighted by Gasteiger charge is 2.38. The molecule has 4 heterocycles. The van der Waals surface area contributed by atoms with Crippen LogP contribution in [-0.2, 0) is 17.9 Å². The highest BCUT2D eigenvalue weighted by Crippen LogP contribution is 2.37. The Kier molecular flexibility index (Phi) is 4.04. The van der Waals surface area contributed by atoms with Gasteiger partial charge in [-0.3, -0.25) is 14.7 Å². The van der Waals surface area contributed by atoms with Gasteiger partial charge in [-0.2, -0.15) is 0 Å². The van der Waals surface area contributed by atoms with E-state index in [1.165, 1.54) is 25.8 Å². The number of fused-ring (bicyclic) bond motifs is 3. The predicted octanol–water partition coefficient (Wildman–Crippen LogP) is 1.84. The van der Waals surface area contributed by atoms with Crippen molar-refractivity contribution in [3.63, 3.8) is 0 Å². The third kappa shape index (κ3) is 3.06. The first kappa shape index (κ1) is 16.6. The summed E-state index contributed by atoms with van der Waals surface area (Å²) in [5.74, 6) is 1.29. The summed E-state index contributed by atoms with van der Waals surface area (Å²) in [6, 6.07) is 4.55. The minimum absolute atomic E-state index is 0.187. The van der Waals surface area contributed by atoms with E-state index in [2.05, 4.69) is 19.9 Å². The second kappa shape index (κ2) is 6.56. The molecule has 1 aliphatic carbocycles. The molecule has 0 spiro atoms. The van der Waals surface area contributed by atoms with Crippen LogP contribution in [0, 0.1) is 5.92 Å². The molecule has 3 aliphatic rings. The van der Waals surface area contributed by atoms with Crippen molar-refractivity contribution in [2.45, 2.75) is 44.8 Å². The van der Waals surface area contributed by atoms with E-state index in [9.17, 15) is 4.79 Å². The lowest BCUT2D eigenvalue weighted by atomic mass is 10.1. The van der Waals surface area contributed by atoms with Gasteiger partial charge in [0.05, 0.1) is 24.5 Å². The summed E-state index contributed by atoms with van der Waals surface area (Å²) in [6.07, 6.45) is 8.07. The predicted molar refractivity (Wildman–Crippen MR) is 101 cm³/mol. The van der Waals surface area contributed by atoms with Gasteiger partial charge in [0.2, 0.25) is 11.9 Å². The Bertz CT molecular complexity index is 870. The maximum Gasteiger partial charge on any atom is 0.224 e. The number of carbonyl (C=O) groups excluding carboxylic acids is 1. The first-order chi connectivity index (χ1) is 13.2. The van der Waals surface area contributed by atoms with E-state index in [-0.39, 0.29) is 11.9 Å². The standard InChI is InChI=1S/C20H24N6O/c21-20-23-17-12-26(11-16(17)19(24-20)14-2-1-6-22-9-14)18(27)5-7-25-10-13-3-4-15(25)8-13/h1-2,6,9,13,15H,3-5,7-8,10-12H2,(H2,21,23,24)/t13-,15+/m1/s1. The monoisotopic (exact) mass is 364 g/mol. The summed E-state index contributed by atoms with van der Waals surface area (Å²) in [6.45, 7) is 3.10. The molecule has 7 nitrogen and oxygen atoms in total. The molecule has 1 saturated carbocycles. The zero-order valence-corrected chi connectivity index (χ0v) is 15.3. The zero-order chi connectivity index (χ0) is 18.4. The highest BCUT2D eigenvalue weighted by atomic mass is 16.2. The topological polar surface area (TPSA) is 88.2 Å². The Morgan fingerprint density at radius 3 is 2.93 bits per heavy atom. The normalized spacial score (nSPS) is 23.8. The van der Waals surface area contributed by atoms with Crippen LogP contribution in [0.15, 0.2) is 24.5 Å². The number of carbonyl (C=O) groups is 1. The van der Waals surface area contributed by atoms with E-state index in [1.54, 1.807) is 12.4 Å². The van der Waals surface area contributed by atoms with E-state index < -0.39 is 0 Å². The molecular weight excluding hydrogens is 340 g/mol. The number of hydrogen-bond acceptors (Lipinski definition) is 6. The van der Waals surface area contributed by atoms with E-state index >= 15 is 0 Å². The number of pyridine rings is 1. The molecule has 0 aromatic carbocycles.